The average molecular weight is 687 g/mol. The molecule has 3 aromatic heterocycles. The molecule has 0 unspecified atom stereocenters. The maximum atomic E-state index is 14.6. The zero-order valence-corrected chi connectivity index (χ0v) is 28.2. The van der Waals surface area contributed by atoms with Gasteiger partial charge in [0.2, 0.25) is 5.91 Å². The Hall–Kier alpha value is -4.92. The molecule has 1 amide bonds. The van der Waals surface area contributed by atoms with Crippen LogP contribution in [0.5, 0.6) is 0 Å². The molecule has 50 heavy (non-hydrogen) atoms. The number of likely N-dealkylation sites (tertiary alicyclic amines) is 1. The molecule has 0 saturated carbocycles. The summed E-state index contributed by atoms with van der Waals surface area (Å²) in [5.41, 5.74) is 5.02. The van der Waals surface area contributed by atoms with Crippen LogP contribution in [0.2, 0.25) is 0 Å². The van der Waals surface area contributed by atoms with Gasteiger partial charge in [-0.1, -0.05) is 0 Å². The monoisotopic (exact) mass is 686 g/mol. The SMILES string of the molecule is CC(=O)N1CCc2c(c(N3CCCc4cc(-c5cnn(C)c5)c(C(F)F)cc43)nn2C2CCN(C3CN(c4ccc(C(=O)O)nn4)C3)CC2)C1. The summed E-state index contributed by atoms with van der Waals surface area (Å²) in [5.74, 6) is 0.381. The minimum absolute atomic E-state index is 0.0150. The smallest absolute Gasteiger partial charge is 0.356 e. The second-order valence-electron chi connectivity index (χ2n) is 13.8. The molecule has 1 aromatic carbocycles. The molecule has 4 aliphatic rings. The molecule has 0 bridgehead atoms. The molecular weight excluding hydrogens is 646 g/mol. The van der Waals surface area contributed by atoms with Crippen molar-refractivity contribution in [2.24, 2.45) is 7.05 Å². The van der Waals surface area contributed by atoms with Gasteiger partial charge in [-0.3, -0.25) is 19.1 Å². The lowest BCUT2D eigenvalue weighted by Gasteiger charge is -2.48. The Kier molecular flexibility index (Phi) is 8.24. The number of aromatic carboxylic acids is 1. The number of nitrogens with zero attached hydrogens (tertiary/aromatic N) is 10. The number of hydrogen-bond donors (Lipinski definition) is 1. The zero-order chi connectivity index (χ0) is 34.7. The standard InChI is InChI=1S/C35H40F2N10O3/c1-21(48)44-13-9-30-28(20-44)34(46-10-3-4-22-14-26(23-16-38-42(2)17-23)27(33(36)37)15-31(22)46)41-47(30)24-7-11-43(12-8-24)25-18-45(19-25)32-6-5-29(35(49)50)39-40-32/h5-6,14-17,24-25,33H,3-4,7-13,18-20H2,1-2H3,(H,49,50). The lowest BCUT2D eigenvalue weighted by Crippen LogP contribution is -2.61. The van der Waals surface area contributed by atoms with Gasteiger partial charge >= 0.3 is 5.97 Å². The lowest BCUT2D eigenvalue weighted by atomic mass is 9.92. The van der Waals surface area contributed by atoms with E-state index < -0.39 is 12.4 Å². The number of piperidine rings is 1. The highest BCUT2D eigenvalue weighted by atomic mass is 19.3. The Bertz CT molecular complexity index is 1930. The molecule has 4 aliphatic heterocycles. The van der Waals surface area contributed by atoms with Gasteiger partial charge in [0.15, 0.2) is 17.3 Å². The van der Waals surface area contributed by atoms with Gasteiger partial charge in [0.05, 0.1) is 18.8 Å². The first-order valence-electron chi connectivity index (χ1n) is 17.3. The Morgan fingerprint density at radius 2 is 1.80 bits per heavy atom. The van der Waals surface area contributed by atoms with Gasteiger partial charge in [0, 0.05) is 100.0 Å². The number of halogens is 2. The number of fused-ring (bicyclic) bond motifs is 2. The molecule has 2 saturated heterocycles. The van der Waals surface area contributed by atoms with Crippen LogP contribution in [0, 0.1) is 0 Å². The topological polar surface area (TPSA) is 129 Å². The van der Waals surface area contributed by atoms with E-state index in [1.165, 1.54) is 6.07 Å². The number of carboxylic acids is 1. The van der Waals surface area contributed by atoms with Crippen molar-refractivity contribution in [2.75, 3.05) is 49.1 Å². The van der Waals surface area contributed by atoms with E-state index in [4.69, 9.17) is 10.2 Å². The number of carbonyl (C=O) groups is 2. The molecule has 7 heterocycles. The van der Waals surface area contributed by atoms with Crippen molar-refractivity contribution in [1.29, 1.82) is 0 Å². The fourth-order valence-electron chi connectivity index (χ4n) is 8.05. The highest BCUT2D eigenvalue weighted by Crippen LogP contribution is 2.44. The van der Waals surface area contributed by atoms with E-state index in [2.05, 4.69) is 34.7 Å². The number of carboxylic acid groups (broad SMARTS) is 1. The predicted molar refractivity (Wildman–Crippen MR) is 181 cm³/mol. The highest BCUT2D eigenvalue weighted by Gasteiger charge is 2.38. The summed E-state index contributed by atoms with van der Waals surface area (Å²) in [6.07, 6.45) is 4.93. The number of anilines is 3. The lowest BCUT2D eigenvalue weighted by molar-refractivity contribution is -0.129. The van der Waals surface area contributed by atoms with E-state index in [0.717, 1.165) is 80.2 Å². The molecule has 0 atom stereocenters. The molecule has 15 heteroatoms. The third kappa shape index (κ3) is 5.76. The largest absolute Gasteiger partial charge is 0.476 e. The third-order valence-electron chi connectivity index (χ3n) is 10.8. The van der Waals surface area contributed by atoms with Crippen LogP contribution >= 0.6 is 0 Å². The molecule has 1 N–H and O–H groups in total. The number of hydrogen-bond acceptors (Lipinski definition) is 9. The maximum absolute atomic E-state index is 14.6. The second kappa shape index (κ2) is 12.8. The highest BCUT2D eigenvalue weighted by molar-refractivity contribution is 5.85. The van der Waals surface area contributed by atoms with Gasteiger partial charge in [0.1, 0.15) is 0 Å². The molecule has 0 aliphatic carbocycles. The summed E-state index contributed by atoms with van der Waals surface area (Å²) in [4.78, 5) is 32.2. The van der Waals surface area contributed by atoms with Crippen LogP contribution in [0.25, 0.3) is 11.1 Å². The minimum atomic E-state index is -2.66. The van der Waals surface area contributed by atoms with Gasteiger partial charge in [-0.2, -0.15) is 10.2 Å². The van der Waals surface area contributed by atoms with Crippen LogP contribution < -0.4 is 9.80 Å². The summed E-state index contributed by atoms with van der Waals surface area (Å²) in [7, 11) is 1.78. The summed E-state index contributed by atoms with van der Waals surface area (Å²) < 4.78 is 33.0. The number of benzene rings is 1. The van der Waals surface area contributed by atoms with Crippen LogP contribution in [-0.4, -0.2) is 102 Å². The number of amides is 1. The molecule has 0 spiro atoms. The Labute approximate surface area is 288 Å². The van der Waals surface area contributed by atoms with Crippen molar-refractivity contribution in [3.05, 3.63) is 64.7 Å². The van der Waals surface area contributed by atoms with Crippen LogP contribution in [0.1, 0.15) is 71.5 Å². The summed E-state index contributed by atoms with van der Waals surface area (Å²) >= 11 is 0. The van der Waals surface area contributed by atoms with Gasteiger partial charge < -0.3 is 19.8 Å². The average Bonchev–Trinajstić information content (AvgIpc) is 3.70. The minimum Gasteiger partial charge on any atom is -0.476 e. The number of carbonyl (C=O) groups excluding carboxylic acids is 1. The van der Waals surface area contributed by atoms with E-state index >= 15 is 0 Å². The van der Waals surface area contributed by atoms with Crippen molar-refractivity contribution in [3.8, 4) is 11.1 Å². The summed E-state index contributed by atoms with van der Waals surface area (Å²) in [5, 5.41) is 26.5. The van der Waals surface area contributed by atoms with E-state index in [0.29, 0.717) is 49.0 Å². The third-order valence-corrected chi connectivity index (χ3v) is 10.8. The van der Waals surface area contributed by atoms with E-state index in [1.54, 1.807) is 43.2 Å². The molecule has 262 valence electrons. The first kappa shape index (κ1) is 32.3. The van der Waals surface area contributed by atoms with E-state index in [9.17, 15) is 18.4 Å². The Morgan fingerprint density at radius 1 is 1.00 bits per heavy atom. The molecule has 0 radical (unpaired) electrons. The normalized spacial score (nSPS) is 18.7. The molecule has 13 nitrogen and oxygen atoms in total. The van der Waals surface area contributed by atoms with Gasteiger partial charge in [-0.15, -0.1) is 10.2 Å². The zero-order valence-electron chi connectivity index (χ0n) is 28.2. The van der Waals surface area contributed by atoms with Crippen molar-refractivity contribution in [1.82, 2.24) is 39.6 Å². The molecule has 8 rings (SSSR count). The number of aryl methyl sites for hydroxylation is 2. The van der Waals surface area contributed by atoms with E-state index in [1.807, 2.05) is 11.0 Å². The second-order valence-corrected chi connectivity index (χ2v) is 13.8. The van der Waals surface area contributed by atoms with Gasteiger partial charge in [0.25, 0.3) is 6.43 Å². The van der Waals surface area contributed by atoms with Crippen LogP contribution in [0.4, 0.5) is 26.1 Å². The van der Waals surface area contributed by atoms with Crippen LogP contribution in [0.15, 0.2) is 36.7 Å². The first-order valence-corrected chi connectivity index (χ1v) is 17.3. The molecule has 2 fully saturated rings. The Morgan fingerprint density at radius 3 is 2.46 bits per heavy atom. The molecule has 4 aromatic rings. The van der Waals surface area contributed by atoms with Crippen molar-refractivity contribution >= 4 is 29.2 Å². The first-order chi connectivity index (χ1) is 24.1. The summed E-state index contributed by atoms with van der Waals surface area (Å²) in [6.45, 7) is 6.78. The predicted octanol–water partition coefficient (Wildman–Crippen LogP) is 4.22. The number of alkyl halides is 2. The van der Waals surface area contributed by atoms with Gasteiger partial charge in [-0.25, -0.2) is 13.6 Å². The maximum Gasteiger partial charge on any atom is 0.356 e. The quantitative estimate of drug-likeness (QED) is 0.302. The van der Waals surface area contributed by atoms with Crippen molar-refractivity contribution < 1.29 is 23.5 Å². The van der Waals surface area contributed by atoms with Crippen molar-refractivity contribution in [2.45, 2.75) is 64.1 Å². The Balaban J connectivity index is 1.04. The van der Waals surface area contributed by atoms with E-state index in [-0.39, 0.29) is 23.2 Å². The molecular formula is C35H40F2N10O3. The van der Waals surface area contributed by atoms with Crippen LogP contribution in [-0.2, 0) is 31.2 Å². The number of aromatic nitrogens is 6. The van der Waals surface area contributed by atoms with Gasteiger partial charge in [-0.05, 0) is 61.1 Å². The number of rotatable bonds is 7. The fraction of sp³-hybridized carbons (Fsp3) is 0.486. The van der Waals surface area contributed by atoms with Crippen LogP contribution in [0.3, 0.4) is 0 Å². The fourth-order valence-corrected chi connectivity index (χ4v) is 8.05. The van der Waals surface area contributed by atoms with Crippen molar-refractivity contribution in [3.63, 3.8) is 0 Å². The summed E-state index contributed by atoms with van der Waals surface area (Å²) in [6, 6.07) is 7.31.